The van der Waals surface area contributed by atoms with Gasteiger partial charge < -0.3 is 20.1 Å². The highest BCUT2D eigenvalue weighted by Crippen LogP contribution is 2.11. The van der Waals surface area contributed by atoms with Crippen LogP contribution in [0.25, 0.3) is 0 Å². The number of hydrogen-bond donors (Lipinski definition) is 2. The first-order valence-corrected chi connectivity index (χ1v) is 10.4. The van der Waals surface area contributed by atoms with E-state index in [1.165, 1.54) is 7.11 Å². The van der Waals surface area contributed by atoms with E-state index in [1.54, 1.807) is 13.8 Å². The van der Waals surface area contributed by atoms with Gasteiger partial charge in [0.05, 0.1) is 7.11 Å². The molecule has 2 amide bonds. The van der Waals surface area contributed by atoms with Gasteiger partial charge in [-0.3, -0.25) is 4.79 Å². The summed E-state index contributed by atoms with van der Waals surface area (Å²) >= 11 is 0. The van der Waals surface area contributed by atoms with E-state index in [2.05, 4.69) is 10.6 Å². The molecule has 0 aliphatic heterocycles. The standard InChI is InChI=1S/C25H32N2O5/c1-17-11-13-19(14-12-17)15-20(27-24(30)32-25(2,3)4)22(28)26-21(23(29)31-5)16-18-9-7-6-8-10-18/h6-14,20-21H,15-16H2,1-5H3,(H,26,28)(H,27,30)/t20-,21-/m0/s1/i2D. The molecular weight excluding hydrogens is 408 g/mol. The first kappa shape index (κ1) is 23.3. The fourth-order valence-corrected chi connectivity index (χ4v) is 3.05. The molecule has 0 spiro atoms. The van der Waals surface area contributed by atoms with Gasteiger partial charge in [-0.15, -0.1) is 0 Å². The van der Waals surface area contributed by atoms with E-state index in [0.717, 1.165) is 16.7 Å². The summed E-state index contributed by atoms with van der Waals surface area (Å²) in [6.45, 7) is 5.05. The number of amides is 2. The van der Waals surface area contributed by atoms with Crippen molar-refractivity contribution in [2.75, 3.05) is 7.11 Å². The Morgan fingerprint density at radius 3 is 2.12 bits per heavy atom. The molecule has 32 heavy (non-hydrogen) atoms. The minimum absolute atomic E-state index is 0.128. The molecule has 0 aliphatic rings. The van der Waals surface area contributed by atoms with Crippen molar-refractivity contribution in [3.8, 4) is 0 Å². The molecule has 0 radical (unpaired) electrons. The molecule has 0 fully saturated rings. The van der Waals surface area contributed by atoms with E-state index in [0.29, 0.717) is 0 Å². The second-order valence-electron chi connectivity index (χ2n) is 8.31. The molecule has 0 unspecified atom stereocenters. The van der Waals surface area contributed by atoms with Gasteiger partial charge >= 0.3 is 12.1 Å². The Morgan fingerprint density at radius 1 is 0.938 bits per heavy atom. The summed E-state index contributed by atoms with van der Waals surface area (Å²) in [7, 11) is 1.26. The van der Waals surface area contributed by atoms with Gasteiger partial charge in [-0.2, -0.15) is 0 Å². The Balaban J connectivity index is 2.20. The Hall–Kier alpha value is -3.35. The van der Waals surface area contributed by atoms with Crippen LogP contribution in [0, 0.1) is 6.92 Å². The molecule has 0 saturated carbocycles. The molecule has 2 aromatic rings. The summed E-state index contributed by atoms with van der Waals surface area (Å²) in [6.07, 6.45) is -0.369. The number of carbonyl (C=O) groups excluding carboxylic acids is 3. The summed E-state index contributed by atoms with van der Waals surface area (Å²) in [5, 5.41) is 5.30. The second kappa shape index (κ2) is 11.3. The van der Waals surface area contributed by atoms with Crippen LogP contribution in [0.3, 0.4) is 0 Å². The Labute approximate surface area is 190 Å². The van der Waals surface area contributed by atoms with Crippen LogP contribution in [0.4, 0.5) is 4.79 Å². The fourth-order valence-electron chi connectivity index (χ4n) is 3.05. The minimum Gasteiger partial charge on any atom is -0.467 e. The molecular formula is C25H32N2O5. The molecule has 2 rings (SSSR count). The topological polar surface area (TPSA) is 93.7 Å². The lowest BCUT2D eigenvalue weighted by Gasteiger charge is -2.25. The van der Waals surface area contributed by atoms with Crippen LogP contribution in [0.1, 0.15) is 38.8 Å². The van der Waals surface area contributed by atoms with E-state index in [4.69, 9.17) is 10.8 Å². The van der Waals surface area contributed by atoms with Crippen molar-refractivity contribution in [2.24, 2.45) is 0 Å². The van der Waals surface area contributed by atoms with Crippen molar-refractivity contribution in [1.29, 1.82) is 0 Å². The molecule has 0 heterocycles. The predicted molar refractivity (Wildman–Crippen MR) is 122 cm³/mol. The molecule has 2 atom stereocenters. The zero-order valence-electron chi connectivity index (χ0n) is 20.0. The van der Waals surface area contributed by atoms with Crippen molar-refractivity contribution >= 4 is 18.0 Å². The van der Waals surface area contributed by atoms with E-state index < -0.39 is 35.7 Å². The van der Waals surface area contributed by atoms with Gasteiger partial charge in [-0.05, 0) is 38.8 Å². The van der Waals surface area contributed by atoms with Crippen LogP contribution in [-0.4, -0.2) is 42.8 Å². The molecule has 172 valence electrons. The Bertz CT molecular complexity index is 932. The van der Waals surface area contributed by atoms with E-state index in [9.17, 15) is 14.4 Å². The monoisotopic (exact) mass is 441 g/mol. The number of hydrogen-bond acceptors (Lipinski definition) is 5. The Morgan fingerprint density at radius 2 is 1.53 bits per heavy atom. The third kappa shape index (κ3) is 8.41. The average molecular weight is 442 g/mol. The smallest absolute Gasteiger partial charge is 0.408 e. The largest absolute Gasteiger partial charge is 0.467 e. The number of alkyl carbamates (subject to hydrolysis) is 1. The third-order valence-electron chi connectivity index (χ3n) is 4.62. The first-order chi connectivity index (χ1) is 15.6. The van der Waals surface area contributed by atoms with Gasteiger partial charge in [0.25, 0.3) is 0 Å². The lowest BCUT2D eigenvalue weighted by molar-refractivity contribution is -0.145. The van der Waals surface area contributed by atoms with Crippen molar-refractivity contribution in [2.45, 2.75) is 58.2 Å². The summed E-state index contributed by atoms with van der Waals surface area (Å²) in [6, 6.07) is 14.9. The molecule has 0 bridgehead atoms. The zero-order valence-corrected chi connectivity index (χ0v) is 19.0. The fraction of sp³-hybridized carbons (Fsp3) is 0.400. The maximum atomic E-state index is 13.2. The molecule has 7 heteroatoms. The number of benzene rings is 2. The van der Waals surface area contributed by atoms with Crippen molar-refractivity contribution in [1.82, 2.24) is 10.6 Å². The van der Waals surface area contributed by atoms with Crippen LogP contribution in [0.15, 0.2) is 54.6 Å². The number of rotatable bonds is 8. The van der Waals surface area contributed by atoms with Crippen molar-refractivity contribution in [3.05, 3.63) is 71.3 Å². The minimum atomic E-state index is -1.00. The SMILES string of the molecule is [2H]CC(C)(C)OC(=O)N[C@@H](Cc1ccc(C)cc1)C(=O)N[C@@H](Cc1ccccc1)C(=O)OC. The number of methoxy groups -OCH3 is 1. The first-order valence-electron chi connectivity index (χ1n) is 11.1. The van der Waals surface area contributed by atoms with Crippen LogP contribution in [0.5, 0.6) is 0 Å². The third-order valence-corrected chi connectivity index (χ3v) is 4.62. The van der Waals surface area contributed by atoms with Gasteiger partial charge in [-0.1, -0.05) is 60.2 Å². The average Bonchev–Trinajstić information content (AvgIpc) is 2.79. The molecule has 0 saturated heterocycles. The van der Waals surface area contributed by atoms with E-state index in [-0.39, 0.29) is 19.7 Å². The number of ether oxygens (including phenoxy) is 2. The van der Waals surface area contributed by atoms with E-state index in [1.807, 2.05) is 61.5 Å². The van der Waals surface area contributed by atoms with Gasteiger partial charge in [0, 0.05) is 14.2 Å². The number of esters is 1. The number of carbonyl (C=O) groups is 3. The van der Waals surface area contributed by atoms with Gasteiger partial charge in [0.2, 0.25) is 5.91 Å². The molecule has 7 nitrogen and oxygen atoms in total. The summed E-state index contributed by atoms with van der Waals surface area (Å²) in [4.78, 5) is 38.0. The summed E-state index contributed by atoms with van der Waals surface area (Å²) in [5.74, 6) is -1.12. The molecule has 2 N–H and O–H groups in total. The normalized spacial score (nSPS) is 13.3. The van der Waals surface area contributed by atoms with Crippen molar-refractivity contribution in [3.63, 3.8) is 0 Å². The van der Waals surface area contributed by atoms with Crippen molar-refractivity contribution < 1.29 is 25.2 Å². The zero-order chi connectivity index (χ0) is 24.4. The van der Waals surface area contributed by atoms with Crippen LogP contribution in [0.2, 0.25) is 0 Å². The maximum absolute atomic E-state index is 13.2. The second-order valence-corrected chi connectivity index (χ2v) is 8.31. The predicted octanol–water partition coefficient (Wildman–Crippen LogP) is 3.33. The van der Waals surface area contributed by atoms with E-state index >= 15 is 0 Å². The van der Waals surface area contributed by atoms with Gasteiger partial charge in [0.1, 0.15) is 17.7 Å². The lowest BCUT2D eigenvalue weighted by Crippen LogP contribution is -2.53. The lowest BCUT2D eigenvalue weighted by atomic mass is 10.0. The summed E-state index contributed by atoms with van der Waals surface area (Å²) in [5.41, 5.74) is 1.75. The molecule has 0 aromatic heterocycles. The Kier molecular flexibility index (Phi) is 8.25. The van der Waals surface area contributed by atoms with Gasteiger partial charge in [-0.25, -0.2) is 9.59 Å². The highest BCUT2D eigenvalue weighted by Gasteiger charge is 2.29. The van der Waals surface area contributed by atoms with Crippen LogP contribution < -0.4 is 10.6 Å². The quantitative estimate of drug-likeness (QED) is 0.613. The summed E-state index contributed by atoms with van der Waals surface area (Å²) < 4.78 is 17.7. The number of nitrogens with one attached hydrogen (secondary N) is 2. The molecule has 0 aliphatic carbocycles. The molecule has 2 aromatic carbocycles. The maximum Gasteiger partial charge on any atom is 0.408 e. The van der Waals surface area contributed by atoms with Crippen LogP contribution >= 0.6 is 0 Å². The number of aryl methyl sites for hydroxylation is 1. The highest BCUT2D eigenvalue weighted by molar-refractivity contribution is 5.90. The van der Waals surface area contributed by atoms with Gasteiger partial charge in [0.15, 0.2) is 0 Å². The highest BCUT2D eigenvalue weighted by atomic mass is 16.6. The van der Waals surface area contributed by atoms with Crippen LogP contribution in [-0.2, 0) is 31.9 Å².